The van der Waals surface area contributed by atoms with Crippen molar-refractivity contribution in [3.63, 3.8) is 0 Å². The number of likely N-dealkylation sites (N-methyl/N-ethyl adjacent to an activating group) is 1. The largest absolute Gasteiger partial charge is 0.393 e. The van der Waals surface area contributed by atoms with Gasteiger partial charge in [-0.15, -0.1) is 0 Å². The van der Waals surface area contributed by atoms with Gasteiger partial charge in [-0.1, -0.05) is 0 Å². The average molecular weight is 236 g/mol. The maximum absolute atomic E-state index is 10.7. The number of nitrogen functional groups attached to an aromatic ring is 1. The molecular weight excluding hydrogens is 220 g/mol. The van der Waals surface area contributed by atoms with Crippen LogP contribution in [0.25, 0.3) is 0 Å². The highest BCUT2D eigenvalue weighted by atomic mass is 16.6. The van der Waals surface area contributed by atoms with Gasteiger partial charge in [0.2, 0.25) is 0 Å². The van der Waals surface area contributed by atoms with E-state index in [-0.39, 0.29) is 11.4 Å². The molecule has 0 bridgehead atoms. The summed E-state index contributed by atoms with van der Waals surface area (Å²) in [6, 6.07) is 5.38. The van der Waals surface area contributed by atoms with Crippen LogP contribution in [0.15, 0.2) is 18.2 Å². The van der Waals surface area contributed by atoms with Crippen LogP contribution in [0, 0.1) is 10.1 Å². The molecule has 0 aromatic heterocycles. The third kappa shape index (κ3) is 2.31. The number of nitrogens with one attached hydrogen (secondary N) is 1. The van der Waals surface area contributed by atoms with Gasteiger partial charge in [0, 0.05) is 30.9 Å². The predicted octanol–water partition coefficient (Wildman–Crippen LogP) is 0.975. The SMILES string of the molecule is CNC1CCN(c2ccc([N+](=O)[O-])c(N)c2)C1. The minimum Gasteiger partial charge on any atom is -0.393 e. The van der Waals surface area contributed by atoms with Crippen molar-refractivity contribution in [1.29, 1.82) is 0 Å². The molecule has 6 nitrogen and oxygen atoms in total. The van der Waals surface area contributed by atoms with Crippen LogP contribution < -0.4 is 16.0 Å². The first-order valence-electron chi connectivity index (χ1n) is 5.58. The lowest BCUT2D eigenvalue weighted by Gasteiger charge is -2.18. The lowest BCUT2D eigenvalue weighted by molar-refractivity contribution is -0.383. The van der Waals surface area contributed by atoms with Crippen molar-refractivity contribution in [1.82, 2.24) is 5.32 Å². The summed E-state index contributed by atoms with van der Waals surface area (Å²) >= 11 is 0. The molecule has 1 unspecified atom stereocenters. The Morgan fingerprint density at radius 2 is 2.35 bits per heavy atom. The molecule has 2 rings (SSSR count). The zero-order chi connectivity index (χ0) is 12.4. The average Bonchev–Trinajstić information content (AvgIpc) is 2.76. The predicted molar refractivity (Wildman–Crippen MR) is 67.2 cm³/mol. The van der Waals surface area contributed by atoms with Crippen molar-refractivity contribution >= 4 is 17.1 Å². The summed E-state index contributed by atoms with van der Waals surface area (Å²) in [5.74, 6) is 0. The normalized spacial score (nSPS) is 19.6. The quantitative estimate of drug-likeness (QED) is 0.464. The number of nitro benzene ring substituents is 1. The number of rotatable bonds is 3. The number of hydrogen-bond donors (Lipinski definition) is 2. The second-order valence-corrected chi connectivity index (χ2v) is 4.22. The molecule has 0 aliphatic carbocycles. The van der Waals surface area contributed by atoms with Crippen LogP contribution in [0.5, 0.6) is 0 Å². The van der Waals surface area contributed by atoms with Crippen molar-refractivity contribution in [3.05, 3.63) is 28.3 Å². The van der Waals surface area contributed by atoms with Crippen LogP contribution in [0.2, 0.25) is 0 Å². The Morgan fingerprint density at radius 3 is 2.88 bits per heavy atom. The molecule has 1 aromatic rings. The van der Waals surface area contributed by atoms with Crippen LogP contribution in [0.4, 0.5) is 17.1 Å². The van der Waals surface area contributed by atoms with E-state index in [0.29, 0.717) is 6.04 Å². The number of hydrogen-bond acceptors (Lipinski definition) is 5. The van der Waals surface area contributed by atoms with Gasteiger partial charge in [0.1, 0.15) is 5.69 Å². The fourth-order valence-corrected chi connectivity index (χ4v) is 2.14. The van der Waals surface area contributed by atoms with E-state index in [4.69, 9.17) is 5.73 Å². The summed E-state index contributed by atoms with van der Waals surface area (Å²) in [6.45, 7) is 1.86. The Bertz CT molecular complexity index is 435. The molecule has 0 radical (unpaired) electrons. The Labute approximate surface area is 99.6 Å². The Morgan fingerprint density at radius 1 is 1.59 bits per heavy atom. The number of nitrogens with two attached hydrogens (primary N) is 1. The molecule has 92 valence electrons. The van der Waals surface area contributed by atoms with Crippen LogP contribution in [-0.4, -0.2) is 31.1 Å². The Kier molecular flexibility index (Phi) is 3.14. The van der Waals surface area contributed by atoms with Gasteiger partial charge in [0.25, 0.3) is 5.69 Å². The van der Waals surface area contributed by atoms with Gasteiger partial charge >= 0.3 is 0 Å². The summed E-state index contributed by atoms with van der Waals surface area (Å²) < 4.78 is 0. The van der Waals surface area contributed by atoms with E-state index in [0.717, 1.165) is 25.2 Å². The molecule has 1 aliphatic rings. The van der Waals surface area contributed by atoms with Gasteiger partial charge in [0.05, 0.1) is 4.92 Å². The van der Waals surface area contributed by atoms with E-state index in [1.54, 1.807) is 12.1 Å². The van der Waals surface area contributed by atoms with Gasteiger partial charge < -0.3 is 16.0 Å². The van der Waals surface area contributed by atoms with Crippen molar-refractivity contribution < 1.29 is 4.92 Å². The molecule has 1 heterocycles. The van der Waals surface area contributed by atoms with Crippen molar-refractivity contribution in [2.45, 2.75) is 12.5 Å². The first kappa shape index (κ1) is 11.7. The molecule has 1 aromatic carbocycles. The topological polar surface area (TPSA) is 84.4 Å². The fourth-order valence-electron chi connectivity index (χ4n) is 2.14. The van der Waals surface area contributed by atoms with E-state index in [1.165, 1.54) is 6.07 Å². The standard InChI is InChI=1S/C11H16N4O2/c1-13-8-4-5-14(7-8)9-2-3-11(15(16)17)10(12)6-9/h2-3,6,8,13H,4-5,7,12H2,1H3. The molecule has 1 fully saturated rings. The summed E-state index contributed by atoms with van der Waals surface area (Å²) in [7, 11) is 1.94. The second-order valence-electron chi connectivity index (χ2n) is 4.22. The minimum atomic E-state index is -0.459. The van der Waals surface area contributed by atoms with Gasteiger partial charge in [-0.2, -0.15) is 0 Å². The molecular formula is C11H16N4O2. The number of nitrogens with zero attached hydrogens (tertiary/aromatic N) is 2. The zero-order valence-corrected chi connectivity index (χ0v) is 9.72. The van der Waals surface area contributed by atoms with Gasteiger partial charge in [0.15, 0.2) is 0 Å². The molecule has 3 N–H and O–H groups in total. The third-order valence-corrected chi connectivity index (χ3v) is 3.17. The van der Waals surface area contributed by atoms with E-state index in [2.05, 4.69) is 10.2 Å². The summed E-state index contributed by atoms with van der Waals surface area (Å²) in [5.41, 5.74) is 6.82. The monoisotopic (exact) mass is 236 g/mol. The highest BCUT2D eigenvalue weighted by molar-refractivity contribution is 5.66. The summed E-state index contributed by atoms with van der Waals surface area (Å²) in [6.07, 6.45) is 1.08. The van der Waals surface area contributed by atoms with Gasteiger partial charge in [-0.3, -0.25) is 10.1 Å². The van der Waals surface area contributed by atoms with Crippen molar-refractivity contribution in [2.24, 2.45) is 0 Å². The number of benzene rings is 1. The first-order valence-corrected chi connectivity index (χ1v) is 5.58. The van der Waals surface area contributed by atoms with Crippen LogP contribution >= 0.6 is 0 Å². The molecule has 1 aliphatic heterocycles. The smallest absolute Gasteiger partial charge is 0.292 e. The van der Waals surface area contributed by atoms with E-state index in [9.17, 15) is 10.1 Å². The van der Waals surface area contributed by atoms with E-state index >= 15 is 0 Å². The lowest BCUT2D eigenvalue weighted by atomic mass is 10.2. The number of nitro groups is 1. The summed E-state index contributed by atoms with van der Waals surface area (Å²) in [4.78, 5) is 12.4. The molecule has 17 heavy (non-hydrogen) atoms. The van der Waals surface area contributed by atoms with E-state index < -0.39 is 4.92 Å². The summed E-state index contributed by atoms with van der Waals surface area (Å²) in [5, 5.41) is 13.9. The highest BCUT2D eigenvalue weighted by Crippen LogP contribution is 2.28. The second kappa shape index (κ2) is 4.58. The lowest BCUT2D eigenvalue weighted by Crippen LogP contribution is -2.29. The zero-order valence-electron chi connectivity index (χ0n) is 9.72. The highest BCUT2D eigenvalue weighted by Gasteiger charge is 2.22. The maximum Gasteiger partial charge on any atom is 0.292 e. The van der Waals surface area contributed by atoms with Crippen LogP contribution in [0.1, 0.15) is 6.42 Å². The molecule has 0 amide bonds. The molecule has 0 saturated carbocycles. The van der Waals surface area contributed by atoms with Crippen LogP contribution in [-0.2, 0) is 0 Å². The minimum absolute atomic E-state index is 0.0295. The third-order valence-electron chi connectivity index (χ3n) is 3.17. The molecule has 1 atom stereocenters. The van der Waals surface area contributed by atoms with Crippen LogP contribution in [0.3, 0.4) is 0 Å². The Balaban J connectivity index is 2.18. The van der Waals surface area contributed by atoms with Gasteiger partial charge in [-0.25, -0.2) is 0 Å². The van der Waals surface area contributed by atoms with E-state index in [1.807, 2.05) is 7.05 Å². The number of anilines is 2. The Hall–Kier alpha value is -1.82. The molecule has 0 spiro atoms. The van der Waals surface area contributed by atoms with Crippen molar-refractivity contribution in [3.8, 4) is 0 Å². The van der Waals surface area contributed by atoms with Crippen molar-refractivity contribution in [2.75, 3.05) is 30.8 Å². The first-order chi connectivity index (χ1) is 8.11. The molecule has 6 heteroatoms. The molecule has 1 saturated heterocycles. The van der Waals surface area contributed by atoms with Gasteiger partial charge in [-0.05, 0) is 25.6 Å². The fraction of sp³-hybridized carbons (Fsp3) is 0.455. The maximum atomic E-state index is 10.7.